The van der Waals surface area contributed by atoms with Crippen LogP contribution in [-0.2, 0) is 4.74 Å². The number of anilines is 1. The van der Waals surface area contributed by atoms with Crippen molar-refractivity contribution in [3.63, 3.8) is 0 Å². The molecule has 2 unspecified atom stereocenters. The molecule has 0 amide bonds. The summed E-state index contributed by atoms with van der Waals surface area (Å²) in [6.45, 7) is 8.75. The van der Waals surface area contributed by atoms with Crippen LogP contribution >= 0.6 is 0 Å². The molecule has 1 aromatic carbocycles. The first-order valence-electron chi connectivity index (χ1n) is 7.46. The summed E-state index contributed by atoms with van der Waals surface area (Å²) in [5.41, 5.74) is 1.61. The zero-order valence-corrected chi connectivity index (χ0v) is 12.5. The van der Waals surface area contributed by atoms with E-state index < -0.39 is 0 Å². The predicted molar refractivity (Wildman–Crippen MR) is 81.5 cm³/mol. The molecule has 1 aromatic rings. The maximum Gasteiger partial charge on any atom is 0.0642 e. The molecule has 2 nitrogen and oxygen atoms in total. The SMILES string of the molecule is CC1CC(OCCNc2ccccc2)CC(C)(C)C1. The number of benzene rings is 1. The first kappa shape index (κ1) is 14.4. The zero-order chi connectivity index (χ0) is 13.7. The van der Waals surface area contributed by atoms with Crippen molar-refractivity contribution >= 4 is 5.69 Å². The van der Waals surface area contributed by atoms with Crippen molar-refractivity contribution in [3.8, 4) is 0 Å². The average Bonchev–Trinajstić information content (AvgIpc) is 2.33. The second-order valence-electron chi connectivity index (χ2n) is 6.70. The van der Waals surface area contributed by atoms with E-state index >= 15 is 0 Å². The van der Waals surface area contributed by atoms with E-state index in [0.29, 0.717) is 11.5 Å². The lowest BCUT2D eigenvalue weighted by molar-refractivity contribution is -0.0185. The van der Waals surface area contributed by atoms with E-state index in [4.69, 9.17) is 4.74 Å². The molecular formula is C17H27NO. The summed E-state index contributed by atoms with van der Waals surface area (Å²) in [6.07, 6.45) is 4.18. The number of para-hydroxylation sites is 1. The molecule has 0 heterocycles. The van der Waals surface area contributed by atoms with Gasteiger partial charge in [-0.05, 0) is 42.7 Å². The summed E-state index contributed by atoms with van der Waals surface area (Å²) in [5.74, 6) is 0.788. The molecule has 0 saturated heterocycles. The molecule has 0 bridgehead atoms. The van der Waals surface area contributed by atoms with Crippen LogP contribution in [0.1, 0.15) is 40.0 Å². The van der Waals surface area contributed by atoms with E-state index in [-0.39, 0.29) is 0 Å². The maximum absolute atomic E-state index is 6.05. The highest BCUT2D eigenvalue weighted by Crippen LogP contribution is 2.39. The van der Waals surface area contributed by atoms with Crippen LogP contribution in [0.2, 0.25) is 0 Å². The molecule has 1 aliphatic rings. The van der Waals surface area contributed by atoms with Gasteiger partial charge in [0.25, 0.3) is 0 Å². The van der Waals surface area contributed by atoms with Gasteiger partial charge in [-0.25, -0.2) is 0 Å². The molecule has 2 rings (SSSR count). The van der Waals surface area contributed by atoms with Crippen molar-refractivity contribution in [1.29, 1.82) is 0 Å². The van der Waals surface area contributed by atoms with Crippen LogP contribution in [0.5, 0.6) is 0 Å². The minimum Gasteiger partial charge on any atom is -0.383 e. The van der Waals surface area contributed by atoms with Crippen LogP contribution in [0.15, 0.2) is 30.3 Å². The molecule has 19 heavy (non-hydrogen) atoms. The second-order valence-corrected chi connectivity index (χ2v) is 6.70. The lowest BCUT2D eigenvalue weighted by Crippen LogP contribution is -2.33. The number of hydrogen-bond acceptors (Lipinski definition) is 2. The van der Waals surface area contributed by atoms with Gasteiger partial charge in [0.1, 0.15) is 0 Å². The van der Waals surface area contributed by atoms with Crippen molar-refractivity contribution < 1.29 is 4.74 Å². The summed E-state index contributed by atoms with van der Waals surface area (Å²) >= 11 is 0. The van der Waals surface area contributed by atoms with E-state index in [0.717, 1.165) is 19.1 Å². The summed E-state index contributed by atoms with van der Waals surface area (Å²) in [4.78, 5) is 0. The van der Waals surface area contributed by atoms with Crippen molar-refractivity contribution in [2.24, 2.45) is 11.3 Å². The Bertz CT molecular complexity index is 374. The van der Waals surface area contributed by atoms with Crippen molar-refractivity contribution in [2.45, 2.75) is 46.1 Å². The lowest BCUT2D eigenvalue weighted by atomic mass is 9.71. The number of rotatable bonds is 5. The van der Waals surface area contributed by atoms with E-state index in [1.54, 1.807) is 0 Å². The standard InChI is InChI=1S/C17H27NO/c1-14-11-16(13-17(2,3)12-14)19-10-9-18-15-7-5-4-6-8-15/h4-8,14,16,18H,9-13H2,1-3H3. The minimum atomic E-state index is 0.440. The second kappa shape index (κ2) is 6.42. The van der Waals surface area contributed by atoms with Gasteiger partial charge in [-0.15, -0.1) is 0 Å². The Labute approximate surface area is 117 Å². The van der Waals surface area contributed by atoms with Gasteiger partial charge in [-0.1, -0.05) is 39.0 Å². The Kier molecular flexibility index (Phi) is 4.87. The third-order valence-corrected chi connectivity index (χ3v) is 3.91. The minimum absolute atomic E-state index is 0.440. The highest BCUT2D eigenvalue weighted by atomic mass is 16.5. The topological polar surface area (TPSA) is 21.3 Å². The first-order chi connectivity index (χ1) is 9.05. The molecule has 0 radical (unpaired) electrons. The Morgan fingerprint density at radius 1 is 1.21 bits per heavy atom. The van der Waals surface area contributed by atoms with Gasteiger partial charge in [0.2, 0.25) is 0 Å². The van der Waals surface area contributed by atoms with Crippen LogP contribution in [0.3, 0.4) is 0 Å². The molecule has 1 aliphatic carbocycles. The molecule has 0 spiro atoms. The van der Waals surface area contributed by atoms with Crippen molar-refractivity contribution in [1.82, 2.24) is 0 Å². The number of ether oxygens (including phenoxy) is 1. The number of nitrogens with one attached hydrogen (secondary N) is 1. The Hall–Kier alpha value is -1.02. The van der Waals surface area contributed by atoms with Crippen LogP contribution in [0.4, 0.5) is 5.69 Å². The maximum atomic E-state index is 6.05. The zero-order valence-electron chi connectivity index (χ0n) is 12.5. The normalized spacial score (nSPS) is 26.1. The molecule has 0 aliphatic heterocycles. The summed E-state index contributed by atoms with van der Waals surface area (Å²) in [7, 11) is 0. The molecule has 2 atom stereocenters. The molecular weight excluding hydrogens is 234 g/mol. The molecule has 0 aromatic heterocycles. The van der Waals surface area contributed by atoms with E-state index in [9.17, 15) is 0 Å². The highest BCUT2D eigenvalue weighted by molar-refractivity contribution is 5.42. The Morgan fingerprint density at radius 2 is 1.95 bits per heavy atom. The largest absolute Gasteiger partial charge is 0.383 e. The molecule has 1 fully saturated rings. The average molecular weight is 261 g/mol. The fourth-order valence-electron chi connectivity index (χ4n) is 3.36. The molecule has 1 saturated carbocycles. The van der Waals surface area contributed by atoms with Gasteiger partial charge in [0.05, 0.1) is 12.7 Å². The van der Waals surface area contributed by atoms with Crippen LogP contribution in [0, 0.1) is 11.3 Å². The smallest absolute Gasteiger partial charge is 0.0642 e. The van der Waals surface area contributed by atoms with Crippen molar-refractivity contribution in [2.75, 3.05) is 18.5 Å². The fourth-order valence-corrected chi connectivity index (χ4v) is 3.36. The monoisotopic (exact) mass is 261 g/mol. The fraction of sp³-hybridized carbons (Fsp3) is 0.647. The quantitative estimate of drug-likeness (QED) is 0.797. The van der Waals surface area contributed by atoms with Crippen LogP contribution in [-0.4, -0.2) is 19.3 Å². The number of hydrogen-bond donors (Lipinski definition) is 1. The van der Waals surface area contributed by atoms with Gasteiger partial charge in [-0.2, -0.15) is 0 Å². The summed E-state index contributed by atoms with van der Waals surface area (Å²) in [5, 5.41) is 3.39. The lowest BCUT2D eigenvalue weighted by Gasteiger charge is -2.38. The van der Waals surface area contributed by atoms with E-state index in [2.05, 4.69) is 50.4 Å². The van der Waals surface area contributed by atoms with Crippen LogP contribution < -0.4 is 5.32 Å². The van der Waals surface area contributed by atoms with Gasteiger partial charge in [-0.3, -0.25) is 0 Å². The van der Waals surface area contributed by atoms with E-state index in [1.807, 2.05) is 6.07 Å². The van der Waals surface area contributed by atoms with Gasteiger partial charge < -0.3 is 10.1 Å². The van der Waals surface area contributed by atoms with E-state index in [1.165, 1.54) is 24.9 Å². The van der Waals surface area contributed by atoms with Gasteiger partial charge in [0, 0.05) is 12.2 Å². The van der Waals surface area contributed by atoms with Crippen LogP contribution in [0.25, 0.3) is 0 Å². The molecule has 1 N–H and O–H groups in total. The van der Waals surface area contributed by atoms with Gasteiger partial charge >= 0.3 is 0 Å². The Morgan fingerprint density at radius 3 is 2.63 bits per heavy atom. The first-order valence-corrected chi connectivity index (χ1v) is 7.46. The Balaban J connectivity index is 1.68. The van der Waals surface area contributed by atoms with Gasteiger partial charge in [0.15, 0.2) is 0 Å². The molecule has 2 heteroatoms. The summed E-state index contributed by atoms with van der Waals surface area (Å²) < 4.78 is 6.05. The predicted octanol–water partition coefficient (Wildman–Crippen LogP) is 4.33. The third kappa shape index (κ3) is 4.87. The summed E-state index contributed by atoms with van der Waals surface area (Å²) in [6, 6.07) is 10.3. The third-order valence-electron chi connectivity index (χ3n) is 3.91. The molecule has 106 valence electrons. The highest BCUT2D eigenvalue weighted by Gasteiger charge is 2.32. The van der Waals surface area contributed by atoms with Crippen molar-refractivity contribution in [3.05, 3.63) is 30.3 Å².